The minimum absolute atomic E-state index is 0.322. The summed E-state index contributed by atoms with van der Waals surface area (Å²) >= 11 is 1.24. The first-order valence-corrected chi connectivity index (χ1v) is 5.92. The van der Waals surface area contributed by atoms with Gasteiger partial charge in [0.2, 0.25) is 5.13 Å². The monoisotopic (exact) mass is 258 g/mol. The smallest absolute Gasteiger partial charge is 0.324 e. The quantitative estimate of drug-likeness (QED) is 0.826. The molecule has 0 saturated carbocycles. The van der Waals surface area contributed by atoms with Crippen molar-refractivity contribution >= 4 is 28.5 Å². The molecule has 0 aliphatic carbocycles. The number of amides is 2. The van der Waals surface area contributed by atoms with Crippen LogP contribution in [0.25, 0.3) is 0 Å². The summed E-state index contributed by atoms with van der Waals surface area (Å²) in [5.74, 6) is -1.04. The zero-order valence-electron chi connectivity index (χ0n) is 9.63. The predicted molar refractivity (Wildman–Crippen MR) is 63.2 cm³/mol. The number of carboxylic acids is 1. The lowest BCUT2D eigenvalue weighted by atomic mass is 10.4. The lowest BCUT2D eigenvalue weighted by Crippen LogP contribution is -2.39. The van der Waals surface area contributed by atoms with E-state index in [1.54, 1.807) is 6.92 Å². The van der Waals surface area contributed by atoms with E-state index in [2.05, 4.69) is 15.5 Å². The Hall–Kier alpha value is -1.70. The van der Waals surface area contributed by atoms with Crippen LogP contribution in [0.4, 0.5) is 9.93 Å². The molecular weight excluding hydrogens is 244 g/mol. The Kier molecular flexibility index (Phi) is 4.83. The number of aromatic nitrogens is 2. The van der Waals surface area contributed by atoms with Gasteiger partial charge in [-0.3, -0.25) is 10.1 Å². The zero-order chi connectivity index (χ0) is 12.8. The first-order valence-electron chi connectivity index (χ1n) is 5.10. The molecule has 0 aliphatic heterocycles. The SMILES string of the molecule is CCCN(CC(=O)O)C(=O)Nc1nnc(C)s1. The van der Waals surface area contributed by atoms with Gasteiger partial charge in [-0.25, -0.2) is 4.79 Å². The van der Waals surface area contributed by atoms with E-state index < -0.39 is 12.0 Å². The number of carbonyl (C=O) groups excluding carboxylic acids is 1. The highest BCUT2D eigenvalue weighted by atomic mass is 32.1. The molecule has 0 aromatic carbocycles. The number of carboxylic acid groups (broad SMARTS) is 1. The second-order valence-corrected chi connectivity index (χ2v) is 4.55. The highest BCUT2D eigenvalue weighted by Gasteiger charge is 2.17. The average Bonchev–Trinajstić information content (AvgIpc) is 2.62. The second-order valence-electron chi connectivity index (χ2n) is 3.37. The Morgan fingerprint density at radius 1 is 1.47 bits per heavy atom. The van der Waals surface area contributed by atoms with Gasteiger partial charge in [-0.15, -0.1) is 10.2 Å². The number of aliphatic carboxylic acids is 1. The normalized spacial score (nSPS) is 10.0. The van der Waals surface area contributed by atoms with Crippen LogP contribution < -0.4 is 5.32 Å². The van der Waals surface area contributed by atoms with Crippen LogP contribution in [0.15, 0.2) is 0 Å². The molecule has 1 rings (SSSR count). The first-order chi connectivity index (χ1) is 8.02. The first kappa shape index (κ1) is 13.4. The summed E-state index contributed by atoms with van der Waals surface area (Å²) in [7, 11) is 0. The second kappa shape index (κ2) is 6.14. The number of rotatable bonds is 5. The Morgan fingerprint density at radius 2 is 2.18 bits per heavy atom. The summed E-state index contributed by atoms with van der Waals surface area (Å²) in [4.78, 5) is 23.6. The maximum Gasteiger partial charge on any atom is 0.324 e. The molecule has 0 radical (unpaired) electrons. The molecule has 0 fully saturated rings. The Balaban J connectivity index is 2.61. The highest BCUT2D eigenvalue weighted by Crippen LogP contribution is 2.14. The summed E-state index contributed by atoms with van der Waals surface area (Å²) in [6.07, 6.45) is 0.690. The van der Waals surface area contributed by atoms with Crippen molar-refractivity contribution in [3.8, 4) is 0 Å². The fraction of sp³-hybridized carbons (Fsp3) is 0.556. The fourth-order valence-corrected chi connectivity index (χ4v) is 1.78. The molecule has 0 aliphatic rings. The van der Waals surface area contributed by atoms with Gasteiger partial charge in [0.15, 0.2) is 0 Å². The van der Waals surface area contributed by atoms with Crippen molar-refractivity contribution in [2.75, 3.05) is 18.4 Å². The third-order valence-corrected chi connectivity index (χ3v) is 2.60. The molecule has 8 heteroatoms. The molecule has 94 valence electrons. The van der Waals surface area contributed by atoms with Gasteiger partial charge in [0.25, 0.3) is 0 Å². The summed E-state index contributed by atoms with van der Waals surface area (Å²) in [6, 6.07) is -0.467. The molecule has 0 spiro atoms. The van der Waals surface area contributed by atoms with Gasteiger partial charge >= 0.3 is 12.0 Å². The maximum atomic E-state index is 11.7. The predicted octanol–water partition coefficient (Wildman–Crippen LogP) is 1.18. The van der Waals surface area contributed by atoms with Gasteiger partial charge in [-0.1, -0.05) is 18.3 Å². The number of urea groups is 1. The molecule has 0 unspecified atom stereocenters. The highest BCUT2D eigenvalue weighted by molar-refractivity contribution is 7.15. The number of hydrogen-bond donors (Lipinski definition) is 2. The van der Waals surface area contributed by atoms with Crippen molar-refractivity contribution in [1.29, 1.82) is 0 Å². The molecule has 2 amide bonds. The van der Waals surface area contributed by atoms with E-state index in [1.807, 2.05) is 6.92 Å². The molecule has 17 heavy (non-hydrogen) atoms. The van der Waals surface area contributed by atoms with E-state index in [0.29, 0.717) is 18.1 Å². The van der Waals surface area contributed by atoms with Gasteiger partial charge in [-0.05, 0) is 13.3 Å². The largest absolute Gasteiger partial charge is 0.480 e. The Bertz CT molecular complexity index is 407. The molecular formula is C9H14N4O3S. The van der Waals surface area contributed by atoms with Crippen molar-refractivity contribution in [1.82, 2.24) is 15.1 Å². The van der Waals surface area contributed by atoms with E-state index in [4.69, 9.17) is 5.11 Å². The number of aryl methyl sites for hydroxylation is 1. The van der Waals surface area contributed by atoms with Gasteiger partial charge in [0.05, 0.1) is 0 Å². The van der Waals surface area contributed by atoms with E-state index in [0.717, 1.165) is 5.01 Å². The number of anilines is 1. The fourth-order valence-electron chi connectivity index (χ4n) is 1.20. The lowest BCUT2D eigenvalue weighted by molar-refractivity contribution is -0.137. The van der Waals surface area contributed by atoms with E-state index in [1.165, 1.54) is 16.2 Å². The molecule has 2 N–H and O–H groups in total. The number of nitrogens with one attached hydrogen (secondary N) is 1. The van der Waals surface area contributed by atoms with E-state index >= 15 is 0 Å². The third kappa shape index (κ3) is 4.35. The van der Waals surface area contributed by atoms with Gasteiger partial charge < -0.3 is 10.0 Å². The van der Waals surface area contributed by atoms with E-state index in [-0.39, 0.29) is 6.54 Å². The molecule has 0 atom stereocenters. The van der Waals surface area contributed by atoms with Crippen LogP contribution in [0.3, 0.4) is 0 Å². The number of nitrogens with zero attached hydrogens (tertiary/aromatic N) is 3. The standard InChI is InChI=1S/C9H14N4O3S/c1-3-4-13(5-7(14)15)9(16)10-8-12-11-6(2)17-8/h3-5H2,1-2H3,(H,14,15)(H,10,12,16). The minimum Gasteiger partial charge on any atom is -0.480 e. The molecule has 0 saturated heterocycles. The van der Waals surface area contributed by atoms with Crippen molar-refractivity contribution in [3.05, 3.63) is 5.01 Å². The molecule has 1 heterocycles. The van der Waals surface area contributed by atoms with E-state index in [9.17, 15) is 9.59 Å². The van der Waals surface area contributed by atoms with Crippen molar-refractivity contribution < 1.29 is 14.7 Å². The summed E-state index contributed by atoms with van der Waals surface area (Å²) in [5, 5.41) is 19.8. The van der Waals surface area contributed by atoms with Crippen molar-refractivity contribution in [3.63, 3.8) is 0 Å². The van der Waals surface area contributed by atoms with Crippen molar-refractivity contribution in [2.45, 2.75) is 20.3 Å². The third-order valence-electron chi connectivity index (χ3n) is 1.85. The van der Waals surface area contributed by atoms with Crippen LogP contribution in [0.5, 0.6) is 0 Å². The van der Waals surface area contributed by atoms with Gasteiger partial charge in [0.1, 0.15) is 11.6 Å². The van der Waals surface area contributed by atoms with Crippen LogP contribution in [0.2, 0.25) is 0 Å². The Morgan fingerprint density at radius 3 is 2.65 bits per heavy atom. The summed E-state index contributed by atoms with van der Waals surface area (Å²) in [6.45, 7) is 3.71. The minimum atomic E-state index is -1.04. The van der Waals surface area contributed by atoms with Crippen LogP contribution in [0.1, 0.15) is 18.4 Å². The Labute approximate surface area is 102 Å². The van der Waals surface area contributed by atoms with Crippen molar-refractivity contribution in [2.24, 2.45) is 0 Å². The number of carbonyl (C=O) groups is 2. The van der Waals surface area contributed by atoms with Crippen LogP contribution in [-0.4, -0.2) is 45.3 Å². The molecule has 0 bridgehead atoms. The van der Waals surface area contributed by atoms with Gasteiger partial charge in [-0.2, -0.15) is 0 Å². The average molecular weight is 258 g/mol. The summed E-state index contributed by atoms with van der Waals surface area (Å²) < 4.78 is 0. The zero-order valence-corrected chi connectivity index (χ0v) is 10.5. The summed E-state index contributed by atoms with van der Waals surface area (Å²) in [5.41, 5.74) is 0. The van der Waals surface area contributed by atoms with Crippen LogP contribution in [-0.2, 0) is 4.79 Å². The maximum absolute atomic E-state index is 11.7. The van der Waals surface area contributed by atoms with Crippen LogP contribution >= 0.6 is 11.3 Å². The number of hydrogen-bond acceptors (Lipinski definition) is 5. The van der Waals surface area contributed by atoms with Gasteiger partial charge in [0, 0.05) is 6.54 Å². The topological polar surface area (TPSA) is 95.4 Å². The van der Waals surface area contributed by atoms with Crippen LogP contribution in [0, 0.1) is 6.92 Å². The molecule has 1 aromatic rings. The lowest BCUT2D eigenvalue weighted by Gasteiger charge is -2.19. The molecule has 1 aromatic heterocycles. The molecule has 7 nitrogen and oxygen atoms in total.